The Kier molecular flexibility index (Phi) is 3.13. The van der Waals surface area contributed by atoms with Gasteiger partial charge in [-0.2, -0.15) is 10.1 Å². The van der Waals surface area contributed by atoms with Gasteiger partial charge in [-0.15, -0.1) is 0 Å². The standard InChI is InChI=1S/C17H20N4O/c1-12-10-13(2)21(19-12)11-14-6-5-9-20(14)17-18-15-7-3-4-8-16(15)22-17/h3-4,7-8,10,14H,5-6,9,11H2,1-2H3/t14-/m1/s1. The first-order valence-electron chi connectivity index (χ1n) is 7.84. The second-order valence-corrected chi connectivity index (χ2v) is 6.06. The van der Waals surface area contributed by atoms with Gasteiger partial charge in [0, 0.05) is 12.2 Å². The normalized spacial score (nSPS) is 18.5. The predicted octanol–water partition coefficient (Wildman–Crippen LogP) is 3.31. The monoisotopic (exact) mass is 296 g/mol. The number of fused-ring (bicyclic) bond motifs is 1. The van der Waals surface area contributed by atoms with Crippen molar-refractivity contribution in [2.24, 2.45) is 0 Å². The number of para-hydroxylation sites is 2. The summed E-state index contributed by atoms with van der Waals surface area (Å²) in [5.74, 6) is 0. The number of aromatic nitrogens is 3. The van der Waals surface area contributed by atoms with Crippen molar-refractivity contribution in [2.75, 3.05) is 11.4 Å². The minimum absolute atomic E-state index is 0.395. The van der Waals surface area contributed by atoms with Crippen molar-refractivity contribution in [2.45, 2.75) is 39.3 Å². The molecule has 114 valence electrons. The fraction of sp³-hybridized carbons (Fsp3) is 0.412. The van der Waals surface area contributed by atoms with Gasteiger partial charge in [0.2, 0.25) is 0 Å². The summed E-state index contributed by atoms with van der Waals surface area (Å²) in [7, 11) is 0. The summed E-state index contributed by atoms with van der Waals surface area (Å²) in [5, 5.41) is 4.58. The van der Waals surface area contributed by atoms with Gasteiger partial charge in [-0.05, 0) is 44.9 Å². The maximum absolute atomic E-state index is 5.94. The number of benzene rings is 1. The highest BCUT2D eigenvalue weighted by Crippen LogP contribution is 2.29. The van der Waals surface area contributed by atoms with Crippen LogP contribution in [0.1, 0.15) is 24.2 Å². The lowest BCUT2D eigenvalue weighted by molar-refractivity contribution is 0.472. The Balaban J connectivity index is 1.61. The second-order valence-electron chi connectivity index (χ2n) is 6.06. The molecule has 1 aromatic carbocycles. The number of anilines is 1. The molecule has 0 unspecified atom stereocenters. The van der Waals surface area contributed by atoms with E-state index in [0.717, 1.165) is 42.3 Å². The van der Waals surface area contributed by atoms with Gasteiger partial charge in [-0.25, -0.2) is 0 Å². The highest BCUT2D eigenvalue weighted by Gasteiger charge is 2.29. The zero-order valence-electron chi connectivity index (χ0n) is 13.0. The third-order valence-corrected chi connectivity index (χ3v) is 4.39. The zero-order valence-corrected chi connectivity index (χ0v) is 13.0. The van der Waals surface area contributed by atoms with Crippen molar-refractivity contribution in [1.82, 2.24) is 14.8 Å². The van der Waals surface area contributed by atoms with E-state index in [1.54, 1.807) is 0 Å². The number of nitrogens with zero attached hydrogens (tertiary/aromatic N) is 4. The van der Waals surface area contributed by atoms with Gasteiger partial charge in [0.05, 0.1) is 18.3 Å². The van der Waals surface area contributed by atoms with Gasteiger partial charge in [0.25, 0.3) is 6.01 Å². The molecule has 1 aliphatic rings. The molecule has 0 N–H and O–H groups in total. The molecule has 1 aliphatic heterocycles. The molecule has 3 aromatic rings. The van der Waals surface area contributed by atoms with Crippen LogP contribution in [-0.4, -0.2) is 27.4 Å². The first-order chi connectivity index (χ1) is 10.7. The molecule has 0 amide bonds. The molecule has 0 spiro atoms. The van der Waals surface area contributed by atoms with Gasteiger partial charge in [-0.1, -0.05) is 12.1 Å². The molecule has 3 heterocycles. The summed E-state index contributed by atoms with van der Waals surface area (Å²) in [6, 6.07) is 11.2. The van der Waals surface area contributed by atoms with Crippen LogP contribution in [0.25, 0.3) is 11.1 Å². The Morgan fingerprint density at radius 3 is 2.91 bits per heavy atom. The molecule has 0 saturated carbocycles. The van der Waals surface area contributed by atoms with Gasteiger partial charge in [0.15, 0.2) is 5.58 Å². The maximum atomic E-state index is 5.94. The number of rotatable bonds is 3. The van der Waals surface area contributed by atoms with E-state index in [1.807, 2.05) is 31.2 Å². The van der Waals surface area contributed by atoms with Crippen LogP contribution in [0.3, 0.4) is 0 Å². The number of oxazole rings is 1. The molecule has 5 nitrogen and oxygen atoms in total. The van der Waals surface area contributed by atoms with E-state index in [-0.39, 0.29) is 0 Å². The fourth-order valence-corrected chi connectivity index (χ4v) is 3.32. The summed E-state index contributed by atoms with van der Waals surface area (Å²) < 4.78 is 8.04. The third kappa shape index (κ3) is 2.26. The number of aryl methyl sites for hydroxylation is 2. The quantitative estimate of drug-likeness (QED) is 0.744. The van der Waals surface area contributed by atoms with Crippen LogP contribution in [0.4, 0.5) is 6.01 Å². The highest BCUT2D eigenvalue weighted by atomic mass is 16.4. The van der Waals surface area contributed by atoms with E-state index in [1.165, 1.54) is 12.1 Å². The zero-order chi connectivity index (χ0) is 15.1. The molecule has 22 heavy (non-hydrogen) atoms. The average molecular weight is 296 g/mol. The summed E-state index contributed by atoms with van der Waals surface area (Å²) >= 11 is 0. The summed E-state index contributed by atoms with van der Waals surface area (Å²) in [6.45, 7) is 6.03. The maximum Gasteiger partial charge on any atom is 0.298 e. The average Bonchev–Trinajstić information content (AvgIpc) is 3.18. The van der Waals surface area contributed by atoms with Crippen LogP contribution in [0.5, 0.6) is 0 Å². The fourth-order valence-electron chi connectivity index (χ4n) is 3.32. The lowest BCUT2D eigenvalue weighted by Crippen LogP contribution is -2.33. The van der Waals surface area contributed by atoms with E-state index in [9.17, 15) is 0 Å². The van der Waals surface area contributed by atoms with Crippen molar-refractivity contribution in [3.63, 3.8) is 0 Å². The first kappa shape index (κ1) is 13.4. The van der Waals surface area contributed by atoms with Gasteiger partial charge in [0.1, 0.15) is 5.52 Å². The summed E-state index contributed by atoms with van der Waals surface area (Å²) in [5.41, 5.74) is 4.06. The molecule has 1 atom stereocenters. The largest absolute Gasteiger partial charge is 0.423 e. The summed E-state index contributed by atoms with van der Waals surface area (Å²) in [6.07, 6.45) is 2.32. The molecule has 2 aromatic heterocycles. The first-order valence-corrected chi connectivity index (χ1v) is 7.84. The van der Waals surface area contributed by atoms with E-state index < -0.39 is 0 Å². The van der Waals surface area contributed by atoms with E-state index in [0.29, 0.717) is 6.04 Å². The van der Waals surface area contributed by atoms with Gasteiger partial charge < -0.3 is 9.32 Å². The SMILES string of the molecule is Cc1cc(C)n(C[C@H]2CCCN2c2nc3ccccc3o2)n1. The van der Waals surface area contributed by atoms with Crippen molar-refractivity contribution in [1.29, 1.82) is 0 Å². The molecule has 1 saturated heterocycles. The van der Waals surface area contributed by atoms with Crippen molar-refractivity contribution < 1.29 is 4.42 Å². The highest BCUT2D eigenvalue weighted by molar-refractivity contribution is 5.74. The van der Waals surface area contributed by atoms with Crippen molar-refractivity contribution in [3.05, 3.63) is 41.7 Å². The molecule has 5 heteroatoms. The topological polar surface area (TPSA) is 47.1 Å². The Morgan fingerprint density at radius 1 is 1.27 bits per heavy atom. The molecule has 1 fully saturated rings. The van der Waals surface area contributed by atoms with E-state index in [4.69, 9.17) is 4.42 Å². The molecular weight excluding hydrogens is 276 g/mol. The van der Waals surface area contributed by atoms with Crippen LogP contribution in [0, 0.1) is 13.8 Å². The van der Waals surface area contributed by atoms with Crippen LogP contribution >= 0.6 is 0 Å². The number of hydrogen-bond acceptors (Lipinski definition) is 4. The summed E-state index contributed by atoms with van der Waals surface area (Å²) in [4.78, 5) is 6.93. The lowest BCUT2D eigenvalue weighted by atomic mass is 10.2. The van der Waals surface area contributed by atoms with Gasteiger partial charge >= 0.3 is 0 Å². The molecule has 4 rings (SSSR count). The molecule has 0 radical (unpaired) electrons. The molecule has 0 aliphatic carbocycles. The lowest BCUT2D eigenvalue weighted by Gasteiger charge is -2.23. The van der Waals surface area contributed by atoms with Crippen LogP contribution in [0.15, 0.2) is 34.7 Å². The Bertz CT molecular complexity index is 771. The Labute approximate surface area is 129 Å². The minimum Gasteiger partial charge on any atom is -0.423 e. The Hall–Kier alpha value is -2.30. The van der Waals surface area contributed by atoms with Crippen LogP contribution in [0.2, 0.25) is 0 Å². The van der Waals surface area contributed by atoms with Crippen LogP contribution in [-0.2, 0) is 6.54 Å². The van der Waals surface area contributed by atoms with Crippen molar-refractivity contribution >= 4 is 17.1 Å². The predicted molar refractivity (Wildman–Crippen MR) is 86.1 cm³/mol. The molecular formula is C17H20N4O. The van der Waals surface area contributed by atoms with E-state index >= 15 is 0 Å². The van der Waals surface area contributed by atoms with Gasteiger partial charge in [-0.3, -0.25) is 4.68 Å². The van der Waals surface area contributed by atoms with Crippen LogP contribution < -0.4 is 4.90 Å². The van der Waals surface area contributed by atoms with Crippen molar-refractivity contribution in [3.8, 4) is 0 Å². The Morgan fingerprint density at radius 2 is 2.14 bits per heavy atom. The molecule has 0 bridgehead atoms. The van der Waals surface area contributed by atoms with E-state index in [2.05, 4.69) is 32.7 Å². The minimum atomic E-state index is 0.395. The number of hydrogen-bond donors (Lipinski definition) is 0. The third-order valence-electron chi connectivity index (χ3n) is 4.39. The smallest absolute Gasteiger partial charge is 0.298 e. The second kappa shape index (κ2) is 5.16.